The molecule has 4 fully saturated rings. The predicted octanol–water partition coefficient (Wildman–Crippen LogP) is 4.88. The van der Waals surface area contributed by atoms with Crippen LogP contribution in [-0.2, 0) is 9.53 Å². The van der Waals surface area contributed by atoms with Crippen LogP contribution in [0.4, 0.5) is 0 Å². The molecule has 4 rings (SSSR count). The maximum atomic E-state index is 11.4. The van der Waals surface area contributed by atoms with E-state index in [1.807, 2.05) is 6.08 Å². The van der Waals surface area contributed by atoms with Gasteiger partial charge in [0.1, 0.15) is 6.10 Å². The molecule has 0 bridgehead atoms. The van der Waals surface area contributed by atoms with Crippen molar-refractivity contribution in [3.8, 4) is 0 Å². The van der Waals surface area contributed by atoms with Crippen molar-refractivity contribution < 1.29 is 14.6 Å². The van der Waals surface area contributed by atoms with Gasteiger partial charge < -0.3 is 9.84 Å². The Hall–Kier alpha value is -0.830. The minimum Gasteiger partial charge on any atom is -0.463 e. The normalized spacial score (nSPS) is 53.2. The van der Waals surface area contributed by atoms with Gasteiger partial charge in [-0.1, -0.05) is 19.9 Å². The lowest BCUT2D eigenvalue weighted by Gasteiger charge is -2.61. The summed E-state index contributed by atoms with van der Waals surface area (Å²) in [5.41, 5.74) is -0.281. The summed E-state index contributed by atoms with van der Waals surface area (Å²) in [6, 6.07) is 0. The van der Waals surface area contributed by atoms with Gasteiger partial charge in [0, 0.05) is 12.3 Å². The Balaban J connectivity index is 1.56. The van der Waals surface area contributed by atoms with Gasteiger partial charge in [-0.25, -0.2) is 0 Å². The van der Waals surface area contributed by atoms with Gasteiger partial charge in [-0.05, 0) is 86.9 Å². The lowest BCUT2D eigenvalue weighted by atomic mass is 9.44. The van der Waals surface area contributed by atoms with Crippen LogP contribution < -0.4 is 0 Å². The van der Waals surface area contributed by atoms with Crippen molar-refractivity contribution in [1.29, 1.82) is 0 Å². The number of aliphatic hydroxyl groups is 1. The van der Waals surface area contributed by atoms with Crippen molar-refractivity contribution >= 4 is 5.97 Å². The Morgan fingerprint density at radius 2 is 1.81 bits per heavy atom. The van der Waals surface area contributed by atoms with E-state index in [4.69, 9.17) is 4.74 Å². The van der Waals surface area contributed by atoms with E-state index in [0.717, 1.165) is 43.9 Å². The van der Waals surface area contributed by atoms with Gasteiger partial charge in [-0.15, -0.1) is 6.58 Å². The number of carbonyl (C=O) groups excluding carboxylic acids is 1. The highest BCUT2D eigenvalue weighted by molar-refractivity contribution is 5.66. The number of fused-ring (bicyclic) bond motifs is 5. The van der Waals surface area contributed by atoms with Gasteiger partial charge >= 0.3 is 5.97 Å². The Morgan fingerprint density at radius 1 is 1.08 bits per heavy atom. The maximum absolute atomic E-state index is 11.4. The number of hydrogen-bond donors (Lipinski definition) is 1. The lowest BCUT2D eigenvalue weighted by Crippen LogP contribution is -2.56. The quantitative estimate of drug-likeness (QED) is 0.564. The van der Waals surface area contributed by atoms with Gasteiger partial charge in [0.05, 0.1) is 5.60 Å². The van der Waals surface area contributed by atoms with E-state index < -0.39 is 5.60 Å². The summed E-state index contributed by atoms with van der Waals surface area (Å²) in [6.07, 6.45) is 12.2. The Bertz CT molecular complexity index is 600. The zero-order chi connectivity index (χ0) is 18.7. The topological polar surface area (TPSA) is 46.5 Å². The van der Waals surface area contributed by atoms with Gasteiger partial charge in [0.2, 0.25) is 0 Å². The van der Waals surface area contributed by atoms with E-state index in [-0.39, 0.29) is 17.5 Å². The molecule has 26 heavy (non-hydrogen) atoms. The first kappa shape index (κ1) is 18.5. The third-order valence-electron chi connectivity index (χ3n) is 9.50. The summed E-state index contributed by atoms with van der Waals surface area (Å²) in [4.78, 5) is 11.4. The van der Waals surface area contributed by atoms with Crippen molar-refractivity contribution in [2.45, 2.75) is 90.3 Å². The average Bonchev–Trinajstić information content (AvgIpc) is 2.87. The molecule has 0 saturated heterocycles. The second kappa shape index (κ2) is 6.09. The molecule has 0 unspecified atom stereocenters. The fourth-order valence-electron chi connectivity index (χ4n) is 7.95. The summed E-state index contributed by atoms with van der Waals surface area (Å²) in [5, 5.41) is 11.2. The average molecular weight is 361 g/mol. The number of rotatable bonds is 2. The highest BCUT2D eigenvalue weighted by Gasteiger charge is 2.63. The molecule has 3 heteroatoms. The van der Waals surface area contributed by atoms with Gasteiger partial charge in [-0.2, -0.15) is 0 Å². The molecule has 0 heterocycles. The Morgan fingerprint density at radius 3 is 2.50 bits per heavy atom. The van der Waals surface area contributed by atoms with Crippen LogP contribution in [0.3, 0.4) is 0 Å². The SMILES string of the molecule is C=C[C@]1(O)CC[C@@H]2[C@H]3CC[C@H]4C[C@H](OC(C)=O)CC[C@]4(C)[C@@H]3CC[C@]21C. The zero-order valence-corrected chi connectivity index (χ0v) is 16.8. The van der Waals surface area contributed by atoms with Crippen LogP contribution in [0.5, 0.6) is 0 Å². The molecule has 0 amide bonds. The monoisotopic (exact) mass is 360 g/mol. The molecule has 3 nitrogen and oxygen atoms in total. The molecule has 4 aliphatic rings. The molecule has 0 aromatic heterocycles. The highest BCUT2D eigenvalue weighted by Crippen LogP contribution is 2.68. The van der Waals surface area contributed by atoms with E-state index in [9.17, 15) is 9.90 Å². The van der Waals surface area contributed by atoms with E-state index in [1.54, 1.807) is 0 Å². The van der Waals surface area contributed by atoms with Crippen LogP contribution >= 0.6 is 0 Å². The van der Waals surface area contributed by atoms with Crippen molar-refractivity contribution in [2.75, 3.05) is 0 Å². The van der Waals surface area contributed by atoms with Crippen LogP contribution in [0.1, 0.15) is 78.6 Å². The fourth-order valence-corrected chi connectivity index (χ4v) is 7.95. The largest absolute Gasteiger partial charge is 0.463 e. The Labute approximate surface area is 158 Å². The maximum Gasteiger partial charge on any atom is 0.302 e. The molecule has 1 N–H and O–H groups in total. The van der Waals surface area contributed by atoms with Crippen molar-refractivity contribution in [2.24, 2.45) is 34.5 Å². The molecule has 0 aromatic rings. The zero-order valence-electron chi connectivity index (χ0n) is 16.8. The molecule has 0 radical (unpaired) electrons. The lowest BCUT2D eigenvalue weighted by molar-refractivity contribution is -0.164. The molecule has 8 atom stereocenters. The van der Waals surface area contributed by atoms with Gasteiger partial charge in [-0.3, -0.25) is 4.79 Å². The molecule has 0 aliphatic heterocycles. The number of carbonyl (C=O) groups is 1. The van der Waals surface area contributed by atoms with E-state index >= 15 is 0 Å². The summed E-state index contributed by atoms with van der Waals surface area (Å²) in [5.74, 6) is 2.70. The highest BCUT2D eigenvalue weighted by atomic mass is 16.5. The summed E-state index contributed by atoms with van der Waals surface area (Å²) in [6.45, 7) is 10.4. The first-order valence-electron chi connectivity index (χ1n) is 10.8. The van der Waals surface area contributed by atoms with Crippen LogP contribution in [0.25, 0.3) is 0 Å². The first-order chi connectivity index (χ1) is 12.2. The second-order valence-corrected chi connectivity index (χ2v) is 10.3. The van der Waals surface area contributed by atoms with E-state index in [2.05, 4.69) is 20.4 Å². The molecular formula is C23H36O3. The standard InChI is InChI=1S/C23H36O3/c1-5-23(25)13-10-20-18-7-6-16-14-17(26-15(2)24)8-11-21(16,3)19(18)9-12-22(20,23)4/h5,16-20,25H,1,6-14H2,2-4H3/t16-,17+,18-,19+,20+,21-,22+,23-/m0/s1. The molecule has 0 spiro atoms. The third-order valence-corrected chi connectivity index (χ3v) is 9.50. The number of ether oxygens (including phenoxy) is 1. The summed E-state index contributed by atoms with van der Waals surface area (Å²) >= 11 is 0. The molecule has 4 saturated carbocycles. The Kier molecular flexibility index (Phi) is 4.34. The molecular weight excluding hydrogens is 324 g/mol. The van der Waals surface area contributed by atoms with E-state index in [1.165, 1.54) is 32.6 Å². The molecule has 4 aliphatic carbocycles. The fraction of sp³-hybridized carbons (Fsp3) is 0.870. The van der Waals surface area contributed by atoms with Crippen LogP contribution in [-0.4, -0.2) is 22.8 Å². The molecule has 146 valence electrons. The minimum absolute atomic E-state index is 0.00799. The predicted molar refractivity (Wildman–Crippen MR) is 102 cm³/mol. The summed E-state index contributed by atoms with van der Waals surface area (Å²) in [7, 11) is 0. The molecule has 0 aromatic carbocycles. The van der Waals surface area contributed by atoms with Crippen LogP contribution in [0, 0.1) is 34.5 Å². The first-order valence-corrected chi connectivity index (χ1v) is 10.8. The van der Waals surface area contributed by atoms with Crippen LogP contribution in [0.2, 0.25) is 0 Å². The van der Waals surface area contributed by atoms with Crippen molar-refractivity contribution in [1.82, 2.24) is 0 Å². The van der Waals surface area contributed by atoms with Crippen molar-refractivity contribution in [3.63, 3.8) is 0 Å². The van der Waals surface area contributed by atoms with Crippen molar-refractivity contribution in [3.05, 3.63) is 12.7 Å². The summed E-state index contributed by atoms with van der Waals surface area (Å²) < 4.78 is 5.57. The number of esters is 1. The smallest absolute Gasteiger partial charge is 0.302 e. The second-order valence-electron chi connectivity index (χ2n) is 10.3. The van der Waals surface area contributed by atoms with Gasteiger partial charge in [0.25, 0.3) is 0 Å². The minimum atomic E-state index is -0.673. The van der Waals surface area contributed by atoms with Crippen LogP contribution in [0.15, 0.2) is 12.7 Å². The third kappa shape index (κ3) is 2.45. The van der Waals surface area contributed by atoms with Gasteiger partial charge in [0.15, 0.2) is 0 Å². The number of hydrogen-bond acceptors (Lipinski definition) is 3. The van der Waals surface area contributed by atoms with E-state index in [0.29, 0.717) is 17.3 Å².